The van der Waals surface area contributed by atoms with Crippen molar-refractivity contribution in [2.24, 2.45) is 0 Å². The summed E-state index contributed by atoms with van der Waals surface area (Å²) in [6.45, 7) is 1.41. The Labute approximate surface area is 142 Å². The first-order valence-electron chi connectivity index (χ1n) is 7.63. The lowest BCUT2D eigenvalue weighted by molar-refractivity contribution is 0.628. The van der Waals surface area contributed by atoms with Crippen molar-refractivity contribution in [2.45, 2.75) is 13.1 Å². The molecule has 4 rings (SSSR count). The minimum Gasteiger partial charge on any atom is -0.305 e. The summed E-state index contributed by atoms with van der Waals surface area (Å²) < 4.78 is 15.0. The molecule has 3 aromatic heterocycles. The topological polar surface area (TPSA) is 42.2 Å². The van der Waals surface area contributed by atoms with Crippen LogP contribution >= 0.6 is 11.3 Å². The van der Waals surface area contributed by atoms with Crippen molar-refractivity contribution in [3.05, 3.63) is 77.3 Å². The predicted octanol–water partition coefficient (Wildman–Crippen LogP) is 3.89. The van der Waals surface area contributed by atoms with Crippen molar-refractivity contribution in [3.8, 4) is 10.4 Å². The van der Waals surface area contributed by atoms with E-state index in [1.165, 1.54) is 17.0 Å². The maximum Gasteiger partial charge on any atom is 0.160 e. The van der Waals surface area contributed by atoms with Gasteiger partial charge in [-0.2, -0.15) is 0 Å². The van der Waals surface area contributed by atoms with Gasteiger partial charge in [0.2, 0.25) is 0 Å². The molecule has 0 radical (unpaired) electrons. The molecule has 6 heteroatoms. The van der Waals surface area contributed by atoms with Crippen molar-refractivity contribution < 1.29 is 4.39 Å². The molecule has 3 heterocycles. The molecule has 0 aliphatic heterocycles. The van der Waals surface area contributed by atoms with Gasteiger partial charge in [-0.25, -0.2) is 4.39 Å². The average molecular weight is 338 g/mol. The first kappa shape index (κ1) is 15.0. The lowest BCUT2D eigenvalue weighted by atomic mass is 10.2. The molecule has 0 unspecified atom stereocenters. The summed E-state index contributed by atoms with van der Waals surface area (Å²) in [5, 5.41) is 11.7. The van der Waals surface area contributed by atoms with Crippen LogP contribution in [0.2, 0.25) is 0 Å². The van der Waals surface area contributed by atoms with Gasteiger partial charge in [-0.3, -0.25) is 4.40 Å². The number of rotatable bonds is 5. The van der Waals surface area contributed by atoms with Crippen LogP contribution in [0.1, 0.15) is 10.7 Å². The summed E-state index contributed by atoms with van der Waals surface area (Å²) in [6.07, 6.45) is 1.96. The van der Waals surface area contributed by atoms with Gasteiger partial charge in [0.15, 0.2) is 11.5 Å². The molecule has 0 atom stereocenters. The van der Waals surface area contributed by atoms with E-state index in [-0.39, 0.29) is 5.82 Å². The molecular formula is C18H15FN4S. The number of pyridine rings is 1. The summed E-state index contributed by atoms with van der Waals surface area (Å²) in [7, 11) is 0. The second kappa shape index (κ2) is 6.51. The zero-order chi connectivity index (χ0) is 16.4. The van der Waals surface area contributed by atoms with Crippen molar-refractivity contribution >= 4 is 17.0 Å². The Balaban J connectivity index is 1.41. The molecule has 0 aliphatic carbocycles. The minimum absolute atomic E-state index is 0.210. The lowest BCUT2D eigenvalue weighted by Gasteiger charge is -2.02. The second-order valence-electron chi connectivity index (χ2n) is 5.42. The van der Waals surface area contributed by atoms with Crippen LogP contribution in [0.25, 0.3) is 16.1 Å². The van der Waals surface area contributed by atoms with Gasteiger partial charge in [0, 0.05) is 22.5 Å². The van der Waals surface area contributed by atoms with E-state index in [1.807, 2.05) is 28.8 Å². The van der Waals surface area contributed by atoms with Crippen molar-refractivity contribution in [3.63, 3.8) is 0 Å². The summed E-state index contributed by atoms with van der Waals surface area (Å²) >= 11 is 1.70. The van der Waals surface area contributed by atoms with E-state index >= 15 is 0 Å². The van der Waals surface area contributed by atoms with Gasteiger partial charge in [0.25, 0.3) is 0 Å². The van der Waals surface area contributed by atoms with E-state index in [0.717, 1.165) is 28.5 Å². The molecule has 4 nitrogen and oxygen atoms in total. The number of hydrogen-bond acceptors (Lipinski definition) is 4. The molecule has 1 N–H and O–H groups in total. The number of benzene rings is 1. The number of fused-ring (bicyclic) bond motifs is 1. The van der Waals surface area contributed by atoms with Crippen molar-refractivity contribution in [1.82, 2.24) is 19.9 Å². The minimum atomic E-state index is -0.210. The largest absolute Gasteiger partial charge is 0.305 e. The normalized spacial score (nSPS) is 11.2. The van der Waals surface area contributed by atoms with Crippen LogP contribution in [0.3, 0.4) is 0 Å². The van der Waals surface area contributed by atoms with Crippen LogP contribution in [0.5, 0.6) is 0 Å². The monoisotopic (exact) mass is 338 g/mol. The second-order valence-corrected chi connectivity index (χ2v) is 6.59. The summed E-state index contributed by atoms with van der Waals surface area (Å²) in [5.74, 6) is 0.679. The fourth-order valence-electron chi connectivity index (χ4n) is 2.55. The molecular weight excluding hydrogens is 323 g/mol. The third kappa shape index (κ3) is 3.06. The highest BCUT2D eigenvalue weighted by Gasteiger charge is 2.06. The highest BCUT2D eigenvalue weighted by molar-refractivity contribution is 7.15. The first-order chi connectivity index (χ1) is 11.8. The van der Waals surface area contributed by atoms with Crippen LogP contribution < -0.4 is 5.32 Å². The number of hydrogen-bond donors (Lipinski definition) is 1. The molecule has 0 fully saturated rings. The molecule has 0 spiro atoms. The van der Waals surface area contributed by atoms with Crippen LogP contribution in [0.4, 0.5) is 4.39 Å². The molecule has 1 aromatic carbocycles. The van der Waals surface area contributed by atoms with Crippen LogP contribution in [-0.2, 0) is 13.1 Å². The van der Waals surface area contributed by atoms with Gasteiger partial charge in [0.05, 0.1) is 6.54 Å². The molecule has 0 aliphatic rings. The number of thiophene rings is 1. The zero-order valence-corrected chi connectivity index (χ0v) is 13.6. The highest BCUT2D eigenvalue weighted by Crippen LogP contribution is 2.28. The van der Waals surface area contributed by atoms with Gasteiger partial charge in [-0.15, -0.1) is 21.5 Å². The number of nitrogens with one attached hydrogen (secondary N) is 1. The Bertz CT molecular complexity index is 958. The highest BCUT2D eigenvalue weighted by atomic mass is 32.1. The van der Waals surface area contributed by atoms with Gasteiger partial charge in [-0.05, 0) is 42.0 Å². The van der Waals surface area contributed by atoms with Gasteiger partial charge < -0.3 is 5.32 Å². The van der Waals surface area contributed by atoms with E-state index in [9.17, 15) is 4.39 Å². The van der Waals surface area contributed by atoms with E-state index in [4.69, 9.17) is 0 Å². The molecule has 4 aromatic rings. The maximum absolute atomic E-state index is 13.0. The van der Waals surface area contributed by atoms with Crippen LogP contribution in [0, 0.1) is 5.82 Å². The lowest BCUT2D eigenvalue weighted by Crippen LogP contribution is -2.14. The molecule has 0 saturated carbocycles. The van der Waals surface area contributed by atoms with Crippen molar-refractivity contribution in [1.29, 1.82) is 0 Å². The Morgan fingerprint density at radius 1 is 0.958 bits per heavy atom. The Kier molecular flexibility index (Phi) is 4.06. The molecule has 120 valence electrons. The van der Waals surface area contributed by atoms with E-state index in [2.05, 4.69) is 27.6 Å². The van der Waals surface area contributed by atoms with E-state index in [0.29, 0.717) is 6.54 Å². The average Bonchev–Trinajstić information content (AvgIpc) is 3.23. The fraction of sp³-hybridized carbons (Fsp3) is 0.111. The molecule has 24 heavy (non-hydrogen) atoms. The fourth-order valence-corrected chi connectivity index (χ4v) is 3.53. The molecule has 0 bridgehead atoms. The zero-order valence-electron chi connectivity index (χ0n) is 12.8. The quantitative estimate of drug-likeness (QED) is 0.600. The Morgan fingerprint density at radius 2 is 1.83 bits per heavy atom. The van der Waals surface area contributed by atoms with E-state index < -0.39 is 0 Å². The summed E-state index contributed by atoms with van der Waals surface area (Å²) in [4.78, 5) is 2.36. The third-order valence-electron chi connectivity index (χ3n) is 3.76. The first-order valence-corrected chi connectivity index (χ1v) is 8.45. The van der Waals surface area contributed by atoms with Gasteiger partial charge in [0.1, 0.15) is 5.82 Å². The number of nitrogens with zero attached hydrogens (tertiary/aromatic N) is 3. The van der Waals surface area contributed by atoms with Gasteiger partial charge in [-0.1, -0.05) is 18.2 Å². The van der Waals surface area contributed by atoms with Crippen molar-refractivity contribution in [2.75, 3.05) is 0 Å². The van der Waals surface area contributed by atoms with Crippen LogP contribution in [-0.4, -0.2) is 14.6 Å². The number of aromatic nitrogens is 3. The third-order valence-corrected chi connectivity index (χ3v) is 4.89. The standard InChI is InChI=1S/C18H15FN4S/c19-14-6-4-13(5-7-14)16-9-8-15(24-16)11-20-12-18-22-21-17-3-1-2-10-23(17)18/h1-10,20H,11-12H2. The molecule has 0 amide bonds. The Hall–Kier alpha value is -2.57. The number of halogens is 1. The summed E-state index contributed by atoms with van der Waals surface area (Å²) in [5.41, 5.74) is 1.89. The maximum atomic E-state index is 13.0. The smallest absolute Gasteiger partial charge is 0.160 e. The summed E-state index contributed by atoms with van der Waals surface area (Å²) in [6, 6.07) is 16.6. The van der Waals surface area contributed by atoms with Gasteiger partial charge >= 0.3 is 0 Å². The van der Waals surface area contributed by atoms with E-state index in [1.54, 1.807) is 23.5 Å². The SMILES string of the molecule is Fc1ccc(-c2ccc(CNCc3nnc4ccccn34)s2)cc1. The predicted molar refractivity (Wildman–Crippen MR) is 93.2 cm³/mol. The Morgan fingerprint density at radius 3 is 2.71 bits per heavy atom. The van der Waals surface area contributed by atoms with Crippen LogP contribution in [0.15, 0.2) is 60.8 Å². The molecule has 0 saturated heterocycles.